The lowest BCUT2D eigenvalue weighted by atomic mass is 10.1. The molecule has 0 amide bonds. The molecule has 0 bridgehead atoms. The van der Waals surface area contributed by atoms with Gasteiger partial charge in [-0.3, -0.25) is 4.68 Å². The third-order valence-electron chi connectivity index (χ3n) is 3.79. The first-order valence-electron chi connectivity index (χ1n) is 7.16. The summed E-state index contributed by atoms with van der Waals surface area (Å²) in [6.45, 7) is 8.31. The van der Waals surface area contributed by atoms with Crippen molar-refractivity contribution in [2.75, 3.05) is 11.9 Å². The van der Waals surface area contributed by atoms with Crippen molar-refractivity contribution in [1.29, 1.82) is 0 Å². The Hall–Kier alpha value is -1.30. The first kappa shape index (κ1) is 13.7. The van der Waals surface area contributed by atoms with Gasteiger partial charge in [0.05, 0.1) is 22.4 Å². The fraction of sp³-hybridized carbons (Fsp3) is 0.571. The zero-order valence-electron chi connectivity index (χ0n) is 12.1. The van der Waals surface area contributed by atoms with E-state index >= 15 is 0 Å². The van der Waals surface area contributed by atoms with Crippen LogP contribution in [0.25, 0.3) is 0 Å². The molecule has 1 aliphatic heterocycles. The number of anilines is 1. The van der Waals surface area contributed by atoms with Crippen LogP contribution in [0.5, 0.6) is 0 Å². The van der Waals surface area contributed by atoms with Crippen molar-refractivity contribution in [3.8, 4) is 0 Å². The van der Waals surface area contributed by atoms with Crippen LogP contribution in [0.3, 0.4) is 0 Å². The summed E-state index contributed by atoms with van der Waals surface area (Å²) in [6, 6.07) is 0.273. The SMILES string of the molecule is CCn1cc(C2CCNc3c(Br)c(C(C)C)nn32)cn1. The molecule has 0 saturated carbocycles. The number of nitrogens with zero attached hydrogens (tertiary/aromatic N) is 4. The van der Waals surface area contributed by atoms with E-state index in [-0.39, 0.29) is 6.04 Å². The third-order valence-corrected chi connectivity index (χ3v) is 4.57. The van der Waals surface area contributed by atoms with Crippen molar-refractivity contribution in [3.63, 3.8) is 0 Å². The summed E-state index contributed by atoms with van der Waals surface area (Å²) >= 11 is 3.69. The Morgan fingerprint density at radius 1 is 1.50 bits per heavy atom. The highest BCUT2D eigenvalue weighted by molar-refractivity contribution is 9.10. The molecule has 0 aliphatic carbocycles. The maximum atomic E-state index is 4.81. The van der Waals surface area contributed by atoms with Crippen LogP contribution in [0.4, 0.5) is 5.82 Å². The van der Waals surface area contributed by atoms with Crippen molar-refractivity contribution in [3.05, 3.63) is 28.1 Å². The van der Waals surface area contributed by atoms with Crippen LogP contribution in [0, 0.1) is 0 Å². The molecular weight excluding hydrogens is 318 g/mol. The molecule has 1 N–H and O–H groups in total. The monoisotopic (exact) mass is 337 g/mol. The van der Waals surface area contributed by atoms with Gasteiger partial charge in [-0.2, -0.15) is 10.2 Å². The quantitative estimate of drug-likeness (QED) is 0.933. The van der Waals surface area contributed by atoms with Crippen molar-refractivity contribution in [1.82, 2.24) is 19.6 Å². The van der Waals surface area contributed by atoms with Gasteiger partial charge in [-0.15, -0.1) is 0 Å². The van der Waals surface area contributed by atoms with Crippen LogP contribution in [0.1, 0.15) is 50.4 Å². The van der Waals surface area contributed by atoms with Crippen LogP contribution in [-0.2, 0) is 6.54 Å². The molecule has 1 aliphatic rings. The van der Waals surface area contributed by atoms with E-state index in [4.69, 9.17) is 5.10 Å². The lowest BCUT2D eigenvalue weighted by Crippen LogP contribution is -2.24. The molecule has 3 rings (SSSR count). The molecule has 0 aromatic carbocycles. The molecule has 3 heterocycles. The van der Waals surface area contributed by atoms with Crippen molar-refractivity contribution < 1.29 is 0 Å². The van der Waals surface area contributed by atoms with Gasteiger partial charge < -0.3 is 5.32 Å². The molecule has 0 fully saturated rings. The Morgan fingerprint density at radius 3 is 2.95 bits per heavy atom. The molecule has 2 aromatic heterocycles. The Balaban J connectivity index is 2.03. The first-order valence-corrected chi connectivity index (χ1v) is 7.95. The molecule has 5 nitrogen and oxygen atoms in total. The van der Waals surface area contributed by atoms with Gasteiger partial charge in [0.25, 0.3) is 0 Å². The van der Waals surface area contributed by atoms with Crippen molar-refractivity contribution >= 4 is 21.7 Å². The number of halogens is 1. The minimum atomic E-state index is 0.273. The van der Waals surface area contributed by atoms with E-state index < -0.39 is 0 Å². The van der Waals surface area contributed by atoms with Gasteiger partial charge in [0.15, 0.2) is 0 Å². The number of aromatic nitrogens is 4. The number of nitrogens with one attached hydrogen (secondary N) is 1. The molecule has 108 valence electrons. The van der Waals surface area contributed by atoms with Gasteiger partial charge in [0.2, 0.25) is 0 Å². The highest BCUT2D eigenvalue weighted by atomic mass is 79.9. The summed E-state index contributed by atoms with van der Waals surface area (Å²) in [6.07, 6.45) is 5.13. The normalized spacial score (nSPS) is 18.1. The maximum Gasteiger partial charge on any atom is 0.139 e. The number of fused-ring (bicyclic) bond motifs is 1. The second-order valence-corrected chi connectivity index (χ2v) is 6.30. The standard InChI is InChI=1S/C14H20BrN5/c1-4-19-8-10(7-17-19)11-5-6-16-14-12(15)13(9(2)3)18-20(11)14/h7-9,11,16H,4-6H2,1-3H3. The Labute approximate surface area is 127 Å². The van der Waals surface area contributed by atoms with Gasteiger partial charge >= 0.3 is 0 Å². The van der Waals surface area contributed by atoms with E-state index in [1.807, 2.05) is 10.9 Å². The third kappa shape index (κ3) is 2.16. The van der Waals surface area contributed by atoms with E-state index in [2.05, 4.69) is 58.0 Å². The topological polar surface area (TPSA) is 47.7 Å². The van der Waals surface area contributed by atoms with Crippen LogP contribution >= 0.6 is 15.9 Å². The summed E-state index contributed by atoms with van der Waals surface area (Å²) in [4.78, 5) is 0. The zero-order valence-corrected chi connectivity index (χ0v) is 13.7. The molecule has 0 radical (unpaired) electrons. The summed E-state index contributed by atoms with van der Waals surface area (Å²) in [5.74, 6) is 1.50. The van der Waals surface area contributed by atoms with Gasteiger partial charge in [-0.1, -0.05) is 13.8 Å². The number of hydrogen-bond acceptors (Lipinski definition) is 3. The average Bonchev–Trinajstić information content (AvgIpc) is 3.03. The number of hydrogen-bond donors (Lipinski definition) is 1. The minimum Gasteiger partial charge on any atom is -0.369 e. The fourth-order valence-corrected chi connectivity index (χ4v) is 3.53. The lowest BCUT2D eigenvalue weighted by Gasteiger charge is -2.25. The molecule has 0 spiro atoms. The van der Waals surface area contributed by atoms with Gasteiger partial charge in [0.1, 0.15) is 5.82 Å². The molecule has 1 unspecified atom stereocenters. The van der Waals surface area contributed by atoms with Crippen LogP contribution < -0.4 is 5.32 Å². The zero-order chi connectivity index (χ0) is 14.3. The van der Waals surface area contributed by atoms with Crippen LogP contribution in [0.2, 0.25) is 0 Å². The van der Waals surface area contributed by atoms with E-state index in [0.29, 0.717) is 5.92 Å². The first-order chi connectivity index (χ1) is 9.61. The van der Waals surface area contributed by atoms with Crippen molar-refractivity contribution in [2.24, 2.45) is 0 Å². The van der Waals surface area contributed by atoms with Gasteiger partial charge in [0, 0.05) is 24.8 Å². The summed E-state index contributed by atoms with van der Waals surface area (Å²) < 4.78 is 5.18. The molecule has 0 saturated heterocycles. The van der Waals surface area contributed by atoms with E-state index in [0.717, 1.165) is 35.5 Å². The maximum absolute atomic E-state index is 4.81. The van der Waals surface area contributed by atoms with Gasteiger partial charge in [-0.25, -0.2) is 4.68 Å². The second-order valence-electron chi connectivity index (χ2n) is 5.51. The highest BCUT2D eigenvalue weighted by Gasteiger charge is 2.28. The molecular formula is C14H20BrN5. The van der Waals surface area contributed by atoms with E-state index in [1.54, 1.807) is 0 Å². The van der Waals surface area contributed by atoms with Crippen LogP contribution in [0.15, 0.2) is 16.9 Å². The predicted octanol–water partition coefficient (Wildman–Crippen LogP) is 3.39. The fourth-order valence-electron chi connectivity index (χ4n) is 2.67. The molecule has 6 heteroatoms. The summed E-state index contributed by atoms with van der Waals surface area (Å²) in [5.41, 5.74) is 2.35. The largest absolute Gasteiger partial charge is 0.369 e. The summed E-state index contributed by atoms with van der Waals surface area (Å²) in [7, 11) is 0. The minimum absolute atomic E-state index is 0.273. The Morgan fingerprint density at radius 2 is 2.30 bits per heavy atom. The lowest BCUT2D eigenvalue weighted by molar-refractivity contribution is 0.475. The molecule has 2 aromatic rings. The number of aryl methyl sites for hydroxylation is 1. The molecule has 1 atom stereocenters. The second kappa shape index (κ2) is 5.24. The van der Waals surface area contributed by atoms with Crippen molar-refractivity contribution in [2.45, 2.75) is 45.7 Å². The summed E-state index contributed by atoms with van der Waals surface area (Å²) in [5, 5.41) is 12.7. The van der Waals surface area contributed by atoms with Gasteiger partial charge in [-0.05, 0) is 35.2 Å². The number of rotatable bonds is 3. The van der Waals surface area contributed by atoms with E-state index in [1.165, 1.54) is 5.56 Å². The Kier molecular flexibility index (Phi) is 3.58. The smallest absolute Gasteiger partial charge is 0.139 e. The van der Waals surface area contributed by atoms with E-state index in [9.17, 15) is 0 Å². The van der Waals surface area contributed by atoms with Crippen LogP contribution in [-0.4, -0.2) is 26.1 Å². The highest BCUT2D eigenvalue weighted by Crippen LogP contribution is 2.38. The predicted molar refractivity (Wildman–Crippen MR) is 83.2 cm³/mol. The average molecular weight is 338 g/mol. The Bertz CT molecular complexity index is 613. The molecule has 20 heavy (non-hydrogen) atoms.